The van der Waals surface area contributed by atoms with Crippen molar-refractivity contribution >= 4 is 11.8 Å². The number of anilines is 1. The summed E-state index contributed by atoms with van der Waals surface area (Å²) in [5, 5.41) is 15.0. The smallest absolute Gasteiger partial charge is 0.407 e. The van der Waals surface area contributed by atoms with Crippen LogP contribution >= 0.6 is 0 Å². The van der Waals surface area contributed by atoms with E-state index >= 15 is 0 Å². The normalized spacial score (nSPS) is 10.8. The molecule has 0 unspecified atom stereocenters. The quantitative estimate of drug-likeness (QED) is 0.719. The molecule has 0 aliphatic rings. The van der Waals surface area contributed by atoms with Crippen LogP contribution in [0.25, 0.3) is 0 Å². The van der Waals surface area contributed by atoms with Crippen molar-refractivity contribution in [3.63, 3.8) is 0 Å². The highest BCUT2D eigenvalue weighted by molar-refractivity contribution is 5.67. The Morgan fingerprint density at radius 1 is 1.33 bits per heavy atom. The van der Waals surface area contributed by atoms with Gasteiger partial charge in [-0.1, -0.05) is 6.07 Å². The van der Waals surface area contributed by atoms with Crippen LogP contribution in [-0.2, 0) is 4.74 Å². The molecule has 1 amide bonds. The third-order valence-electron chi connectivity index (χ3n) is 1.97. The second-order valence-corrected chi connectivity index (χ2v) is 4.91. The molecule has 0 spiro atoms. The average molecular weight is 252 g/mol. The molecule has 0 bridgehead atoms. The van der Waals surface area contributed by atoms with Gasteiger partial charge in [-0.2, -0.15) is 0 Å². The van der Waals surface area contributed by atoms with E-state index < -0.39 is 11.7 Å². The first-order valence-electron chi connectivity index (χ1n) is 5.86. The molecule has 0 saturated heterocycles. The van der Waals surface area contributed by atoms with Gasteiger partial charge in [-0.3, -0.25) is 0 Å². The molecule has 0 aliphatic heterocycles. The van der Waals surface area contributed by atoms with E-state index in [1.54, 1.807) is 18.2 Å². The molecule has 5 nitrogen and oxygen atoms in total. The number of aromatic hydroxyl groups is 1. The monoisotopic (exact) mass is 252 g/mol. The maximum absolute atomic E-state index is 11.3. The lowest BCUT2D eigenvalue weighted by Crippen LogP contribution is -2.34. The summed E-state index contributed by atoms with van der Waals surface area (Å²) in [5.41, 5.74) is 0.323. The van der Waals surface area contributed by atoms with Crippen LogP contribution in [0.1, 0.15) is 20.8 Å². The minimum atomic E-state index is -0.483. The maximum Gasteiger partial charge on any atom is 0.407 e. The summed E-state index contributed by atoms with van der Waals surface area (Å²) in [5.74, 6) is 0.208. The predicted octanol–water partition coefficient (Wildman–Crippen LogP) is 2.33. The van der Waals surface area contributed by atoms with Crippen LogP contribution in [-0.4, -0.2) is 29.9 Å². The summed E-state index contributed by atoms with van der Waals surface area (Å²) in [4.78, 5) is 11.3. The zero-order valence-corrected chi connectivity index (χ0v) is 11.0. The number of rotatable bonds is 4. The van der Waals surface area contributed by atoms with Gasteiger partial charge in [-0.05, 0) is 32.9 Å². The largest absolute Gasteiger partial charge is 0.508 e. The summed E-state index contributed by atoms with van der Waals surface area (Å²) in [7, 11) is 0. The lowest BCUT2D eigenvalue weighted by molar-refractivity contribution is 0.0530. The standard InChI is InChI=1S/C13H20N2O3/c1-13(2,3)18-12(17)15-8-7-14-10-5-4-6-11(16)9-10/h4-6,9,14,16H,7-8H2,1-3H3,(H,15,17). The molecular formula is C13H20N2O3. The van der Waals surface area contributed by atoms with Gasteiger partial charge >= 0.3 is 6.09 Å². The minimum Gasteiger partial charge on any atom is -0.508 e. The first kappa shape index (κ1) is 14.2. The van der Waals surface area contributed by atoms with Crippen molar-refractivity contribution in [3.8, 4) is 5.75 Å². The fourth-order valence-electron chi connectivity index (χ4n) is 1.30. The van der Waals surface area contributed by atoms with E-state index in [1.165, 1.54) is 0 Å². The number of ether oxygens (including phenoxy) is 1. The molecule has 100 valence electrons. The molecule has 0 aromatic heterocycles. The lowest BCUT2D eigenvalue weighted by Gasteiger charge is -2.19. The Balaban J connectivity index is 2.21. The molecule has 3 N–H and O–H groups in total. The number of hydrogen-bond donors (Lipinski definition) is 3. The number of benzene rings is 1. The maximum atomic E-state index is 11.3. The number of amides is 1. The van der Waals surface area contributed by atoms with E-state index in [0.29, 0.717) is 13.1 Å². The highest BCUT2D eigenvalue weighted by Crippen LogP contribution is 2.14. The van der Waals surface area contributed by atoms with Crippen LogP contribution in [0, 0.1) is 0 Å². The van der Waals surface area contributed by atoms with Gasteiger partial charge < -0.3 is 20.5 Å². The summed E-state index contributed by atoms with van der Waals surface area (Å²) < 4.78 is 5.09. The van der Waals surface area contributed by atoms with Gasteiger partial charge in [-0.25, -0.2) is 4.79 Å². The van der Waals surface area contributed by atoms with E-state index in [1.807, 2.05) is 26.8 Å². The first-order chi connectivity index (χ1) is 8.37. The summed E-state index contributed by atoms with van der Waals surface area (Å²) in [6.45, 7) is 6.46. The molecule has 0 fully saturated rings. The van der Waals surface area contributed by atoms with Crippen LogP contribution in [0.15, 0.2) is 24.3 Å². The van der Waals surface area contributed by atoms with Crippen LogP contribution in [0.4, 0.5) is 10.5 Å². The van der Waals surface area contributed by atoms with Crippen molar-refractivity contribution < 1.29 is 14.6 Å². The topological polar surface area (TPSA) is 70.6 Å². The second-order valence-electron chi connectivity index (χ2n) is 4.91. The van der Waals surface area contributed by atoms with Crippen LogP contribution < -0.4 is 10.6 Å². The van der Waals surface area contributed by atoms with Crippen molar-refractivity contribution in [2.75, 3.05) is 18.4 Å². The number of carbonyl (C=O) groups excluding carboxylic acids is 1. The Bertz CT molecular complexity index is 399. The highest BCUT2D eigenvalue weighted by Gasteiger charge is 2.15. The van der Waals surface area contributed by atoms with Crippen molar-refractivity contribution in [1.29, 1.82) is 0 Å². The van der Waals surface area contributed by atoms with Gasteiger partial charge in [-0.15, -0.1) is 0 Å². The van der Waals surface area contributed by atoms with E-state index in [0.717, 1.165) is 5.69 Å². The third kappa shape index (κ3) is 5.98. The SMILES string of the molecule is CC(C)(C)OC(=O)NCCNc1cccc(O)c1. The van der Waals surface area contributed by atoms with Crippen molar-refractivity contribution in [3.05, 3.63) is 24.3 Å². The first-order valence-corrected chi connectivity index (χ1v) is 5.86. The number of hydrogen-bond acceptors (Lipinski definition) is 4. The van der Waals surface area contributed by atoms with Gasteiger partial charge in [0.25, 0.3) is 0 Å². The molecule has 0 heterocycles. The van der Waals surface area contributed by atoms with Gasteiger partial charge in [0.15, 0.2) is 0 Å². The predicted molar refractivity (Wildman–Crippen MR) is 70.8 cm³/mol. The van der Waals surface area contributed by atoms with Gasteiger partial charge in [0, 0.05) is 24.8 Å². The molecule has 18 heavy (non-hydrogen) atoms. The van der Waals surface area contributed by atoms with Crippen molar-refractivity contribution in [2.45, 2.75) is 26.4 Å². The zero-order chi connectivity index (χ0) is 13.6. The zero-order valence-electron chi connectivity index (χ0n) is 11.0. The molecule has 5 heteroatoms. The number of nitrogens with one attached hydrogen (secondary N) is 2. The minimum absolute atomic E-state index is 0.208. The van der Waals surface area contributed by atoms with Crippen molar-refractivity contribution in [1.82, 2.24) is 5.32 Å². The Morgan fingerprint density at radius 2 is 2.06 bits per heavy atom. The fraction of sp³-hybridized carbons (Fsp3) is 0.462. The number of alkyl carbamates (subject to hydrolysis) is 1. The summed E-state index contributed by atoms with van der Waals surface area (Å²) >= 11 is 0. The second kappa shape index (κ2) is 6.14. The molecule has 0 saturated carbocycles. The highest BCUT2D eigenvalue weighted by atomic mass is 16.6. The lowest BCUT2D eigenvalue weighted by atomic mass is 10.2. The van der Waals surface area contributed by atoms with Crippen LogP contribution in [0.3, 0.4) is 0 Å². The van der Waals surface area contributed by atoms with Gasteiger partial charge in [0.05, 0.1) is 0 Å². The van der Waals surface area contributed by atoms with Crippen LogP contribution in [0.5, 0.6) is 5.75 Å². The molecular weight excluding hydrogens is 232 g/mol. The summed E-state index contributed by atoms with van der Waals surface area (Å²) in [6.07, 6.45) is -0.430. The van der Waals surface area contributed by atoms with E-state index in [-0.39, 0.29) is 5.75 Å². The van der Waals surface area contributed by atoms with Gasteiger partial charge in [0.1, 0.15) is 11.4 Å². The molecule has 0 radical (unpaired) electrons. The number of carbonyl (C=O) groups is 1. The Labute approximate surface area is 107 Å². The average Bonchev–Trinajstić information content (AvgIpc) is 2.22. The summed E-state index contributed by atoms with van der Waals surface area (Å²) in [6, 6.07) is 6.81. The Hall–Kier alpha value is -1.91. The Kier molecular flexibility index (Phi) is 4.83. The van der Waals surface area contributed by atoms with E-state index in [4.69, 9.17) is 4.74 Å². The number of phenolic OH excluding ortho intramolecular Hbond substituents is 1. The number of phenols is 1. The van der Waals surface area contributed by atoms with E-state index in [2.05, 4.69) is 10.6 Å². The Morgan fingerprint density at radius 3 is 2.67 bits per heavy atom. The fourth-order valence-corrected chi connectivity index (χ4v) is 1.30. The molecule has 1 aromatic carbocycles. The molecule has 1 aromatic rings. The molecule has 0 aliphatic carbocycles. The molecule has 0 atom stereocenters. The van der Waals surface area contributed by atoms with E-state index in [9.17, 15) is 9.90 Å². The van der Waals surface area contributed by atoms with Crippen LogP contribution in [0.2, 0.25) is 0 Å². The van der Waals surface area contributed by atoms with Gasteiger partial charge in [0.2, 0.25) is 0 Å². The third-order valence-corrected chi connectivity index (χ3v) is 1.97. The molecule has 1 rings (SSSR count). The van der Waals surface area contributed by atoms with Crippen molar-refractivity contribution in [2.24, 2.45) is 0 Å².